The maximum Gasteiger partial charge on any atom is 0.254 e. The van der Waals surface area contributed by atoms with Crippen molar-refractivity contribution in [1.29, 1.82) is 0 Å². The van der Waals surface area contributed by atoms with Crippen LogP contribution >= 0.6 is 0 Å². The van der Waals surface area contributed by atoms with E-state index in [-0.39, 0.29) is 43.4 Å². The number of aryl methyl sites for hydroxylation is 1. The van der Waals surface area contributed by atoms with Crippen molar-refractivity contribution in [2.75, 3.05) is 44.7 Å². The summed E-state index contributed by atoms with van der Waals surface area (Å²) in [6.45, 7) is 3.37. The Morgan fingerprint density at radius 3 is 2.33 bits per heavy atom. The smallest absolute Gasteiger partial charge is 0.254 e. The van der Waals surface area contributed by atoms with Gasteiger partial charge in [-0.3, -0.25) is 14.4 Å². The van der Waals surface area contributed by atoms with Crippen LogP contribution in [0.3, 0.4) is 0 Å². The van der Waals surface area contributed by atoms with Crippen molar-refractivity contribution in [2.24, 2.45) is 5.92 Å². The number of carbonyl (C=O) groups is 3. The number of rotatable bonds is 4. The summed E-state index contributed by atoms with van der Waals surface area (Å²) in [5, 5.41) is 0. The molecule has 1 atom stereocenters. The van der Waals surface area contributed by atoms with Crippen LogP contribution in [0.1, 0.15) is 22.3 Å². The average molecular weight is 457 g/mol. The molecule has 2 saturated heterocycles. The molecule has 0 spiro atoms. The maximum atomic E-state index is 13.5. The van der Waals surface area contributed by atoms with Gasteiger partial charge in [-0.1, -0.05) is 6.07 Å². The molecule has 2 aromatic rings. The van der Waals surface area contributed by atoms with Gasteiger partial charge in [0.25, 0.3) is 5.91 Å². The topological polar surface area (TPSA) is 70.2 Å². The molecular formula is C24H25F2N3O4. The summed E-state index contributed by atoms with van der Waals surface area (Å²) < 4.78 is 32.0. The molecule has 33 heavy (non-hydrogen) atoms. The monoisotopic (exact) mass is 457 g/mol. The Balaban J connectivity index is 1.38. The van der Waals surface area contributed by atoms with E-state index in [1.54, 1.807) is 23.0 Å². The lowest BCUT2D eigenvalue weighted by Gasteiger charge is -2.36. The van der Waals surface area contributed by atoms with E-state index in [0.717, 1.165) is 17.7 Å². The van der Waals surface area contributed by atoms with Crippen molar-refractivity contribution in [3.8, 4) is 5.75 Å². The van der Waals surface area contributed by atoms with Crippen molar-refractivity contribution >= 4 is 23.4 Å². The highest BCUT2D eigenvalue weighted by molar-refractivity contribution is 6.01. The van der Waals surface area contributed by atoms with E-state index in [2.05, 4.69) is 0 Å². The summed E-state index contributed by atoms with van der Waals surface area (Å²) in [6, 6.07) is 8.62. The molecule has 2 aliphatic heterocycles. The van der Waals surface area contributed by atoms with E-state index in [4.69, 9.17) is 4.74 Å². The van der Waals surface area contributed by atoms with E-state index in [1.165, 1.54) is 11.0 Å². The van der Waals surface area contributed by atoms with Crippen LogP contribution in [-0.4, -0.2) is 67.4 Å². The molecule has 7 nitrogen and oxygen atoms in total. The fraction of sp³-hybridized carbons (Fsp3) is 0.375. The van der Waals surface area contributed by atoms with Gasteiger partial charge in [-0.2, -0.15) is 0 Å². The Morgan fingerprint density at radius 1 is 0.970 bits per heavy atom. The summed E-state index contributed by atoms with van der Waals surface area (Å²) in [5.41, 5.74) is 1.70. The summed E-state index contributed by atoms with van der Waals surface area (Å²) >= 11 is 0. The highest BCUT2D eigenvalue weighted by atomic mass is 19.2. The van der Waals surface area contributed by atoms with Crippen molar-refractivity contribution in [1.82, 2.24) is 9.80 Å². The van der Waals surface area contributed by atoms with Crippen LogP contribution < -0.4 is 9.64 Å². The van der Waals surface area contributed by atoms with E-state index < -0.39 is 23.5 Å². The molecule has 0 saturated carbocycles. The van der Waals surface area contributed by atoms with Gasteiger partial charge in [0, 0.05) is 44.7 Å². The first-order valence-corrected chi connectivity index (χ1v) is 10.8. The quantitative estimate of drug-likeness (QED) is 0.708. The van der Waals surface area contributed by atoms with Crippen LogP contribution in [0.5, 0.6) is 5.75 Å². The van der Waals surface area contributed by atoms with Gasteiger partial charge in [-0.25, -0.2) is 8.78 Å². The van der Waals surface area contributed by atoms with Gasteiger partial charge in [0.05, 0.1) is 18.7 Å². The zero-order valence-corrected chi connectivity index (χ0v) is 18.5. The van der Waals surface area contributed by atoms with Crippen molar-refractivity contribution in [3.63, 3.8) is 0 Å². The number of halogens is 2. The van der Waals surface area contributed by atoms with Crippen LogP contribution in [-0.2, 0) is 9.59 Å². The summed E-state index contributed by atoms with van der Waals surface area (Å²) in [6.07, 6.45) is 0.115. The third-order valence-electron chi connectivity index (χ3n) is 6.14. The summed E-state index contributed by atoms with van der Waals surface area (Å²) in [5.74, 6) is -2.65. The first kappa shape index (κ1) is 22.7. The van der Waals surface area contributed by atoms with Crippen LogP contribution in [0.25, 0.3) is 0 Å². The number of hydrogen-bond donors (Lipinski definition) is 0. The Morgan fingerprint density at radius 2 is 1.67 bits per heavy atom. The highest BCUT2D eigenvalue weighted by Gasteiger charge is 2.39. The normalized spacial score (nSPS) is 18.6. The largest absolute Gasteiger partial charge is 0.495 e. The second-order valence-electron chi connectivity index (χ2n) is 8.33. The molecule has 174 valence electrons. The molecule has 0 N–H and O–H groups in total. The van der Waals surface area contributed by atoms with Gasteiger partial charge in [0.15, 0.2) is 11.6 Å². The van der Waals surface area contributed by atoms with E-state index in [1.807, 2.05) is 19.1 Å². The van der Waals surface area contributed by atoms with Crippen molar-refractivity contribution < 1.29 is 27.9 Å². The molecule has 0 aromatic heterocycles. The molecule has 4 rings (SSSR count). The van der Waals surface area contributed by atoms with Gasteiger partial charge >= 0.3 is 0 Å². The molecular weight excluding hydrogens is 432 g/mol. The predicted octanol–water partition coefficient (Wildman–Crippen LogP) is 2.62. The van der Waals surface area contributed by atoms with E-state index in [0.29, 0.717) is 24.5 Å². The molecule has 2 fully saturated rings. The SMILES string of the molecule is COc1ccc(C)cc1N1CC(C(=O)N2CCN(C(=O)c3ccc(F)c(F)c3)CC2)CC1=O. The zero-order chi connectivity index (χ0) is 23.7. The van der Waals surface area contributed by atoms with Crippen molar-refractivity contribution in [3.05, 3.63) is 59.2 Å². The van der Waals surface area contributed by atoms with Gasteiger partial charge in [-0.05, 0) is 42.8 Å². The second-order valence-corrected chi connectivity index (χ2v) is 8.33. The van der Waals surface area contributed by atoms with Crippen LogP contribution in [0.2, 0.25) is 0 Å². The lowest BCUT2D eigenvalue weighted by molar-refractivity contribution is -0.137. The van der Waals surface area contributed by atoms with Gasteiger partial charge < -0.3 is 19.4 Å². The second kappa shape index (κ2) is 9.17. The highest BCUT2D eigenvalue weighted by Crippen LogP contribution is 2.34. The summed E-state index contributed by atoms with van der Waals surface area (Å²) in [4.78, 5) is 43.1. The molecule has 2 aliphatic rings. The third kappa shape index (κ3) is 4.53. The molecule has 0 bridgehead atoms. The first-order chi connectivity index (χ1) is 15.8. The van der Waals surface area contributed by atoms with Gasteiger partial charge in [0.2, 0.25) is 11.8 Å². The van der Waals surface area contributed by atoms with Gasteiger partial charge in [0.1, 0.15) is 5.75 Å². The third-order valence-corrected chi connectivity index (χ3v) is 6.14. The van der Waals surface area contributed by atoms with E-state index >= 15 is 0 Å². The number of piperazine rings is 1. The Bertz CT molecular complexity index is 1100. The van der Waals surface area contributed by atoms with E-state index in [9.17, 15) is 23.2 Å². The van der Waals surface area contributed by atoms with Gasteiger partial charge in [-0.15, -0.1) is 0 Å². The molecule has 2 aromatic carbocycles. The predicted molar refractivity (Wildman–Crippen MR) is 117 cm³/mol. The Hall–Kier alpha value is -3.49. The first-order valence-electron chi connectivity index (χ1n) is 10.8. The lowest BCUT2D eigenvalue weighted by Crippen LogP contribution is -2.52. The zero-order valence-electron chi connectivity index (χ0n) is 18.5. The number of ether oxygens (including phenoxy) is 1. The number of amides is 3. The minimum Gasteiger partial charge on any atom is -0.495 e. The molecule has 9 heteroatoms. The summed E-state index contributed by atoms with van der Waals surface area (Å²) in [7, 11) is 1.54. The van der Waals surface area contributed by atoms with Crippen molar-refractivity contribution in [2.45, 2.75) is 13.3 Å². The molecule has 0 aliphatic carbocycles. The number of carbonyl (C=O) groups excluding carboxylic acids is 3. The fourth-order valence-electron chi connectivity index (χ4n) is 4.32. The molecule has 2 heterocycles. The standard InChI is InChI=1S/C24H25F2N3O4/c1-15-3-6-21(33-2)20(11-15)29-14-17(13-22(29)30)24(32)28-9-7-27(8-10-28)23(31)16-4-5-18(25)19(26)12-16/h3-6,11-12,17H,7-10,13-14H2,1-2H3. The minimum atomic E-state index is -1.07. The lowest BCUT2D eigenvalue weighted by atomic mass is 10.1. The van der Waals surface area contributed by atoms with Crippen LogP contribution in [0, 0.1) is 24.5 Å². The number of anilines is 1. The number of hydrogen-bond acceptors (Lipinski definition) is 4. The average Bonchev–Trinajstić information content (AvgIpc) is 3.21. The fourth-order valence-corrected chi connectivity index (χ4v) is 4.32. The number of nitrogens with zero attached hydrogens (tertiary/aromatic N) is 3. The minimum absolute atomic E-state index is 0.0674. The molecule has 1 unspecified atom stereocenters. The maximum absolute atomic E-state index is 13.5. The van der Waals surface area contributed by atoms with Crippen LogP contribution in [0.15, 0.2) is 36.4 Å². The van der Waals surface area contributed by atoms with Crippen LogP contribution in [0.4, 0.5) is 14.5 Å². The number of benzene rings is 2. The molecule has 3 amide bonds. The Labute approximate surface area is 190 Å². The molecule has 0 radical (unpaired) electrons. The Kier molecular flexibility index (Phi) is 6.31. The number of methoxy groups -OCH3 is 1.